The van der Waals surface area contributed by atoms with Crippen molar-refractivity contribution in [2.75, 3.05) is 13.7 Å². The Balaban J connectivity index is 2.11. The molecule has 0 aromatic heterocycles. The Kier molecular flexibility index (Phi) is 6.52. The molecule has 8 nitrogen and oxygen atoms in total. The maximum atomic E-state index is 11.3. The largest absolute Gasteiger partial charge is 0.469 e. The van der Waals surface area contributed by atoms with Gasteiger partial charge in [-0.15, -0.1) is 0 Å². The summed E-state index contributed by atoms with van der Waals surface area (Å²) in [6.07, 6.45) is -6.24. The fourth-order valence-electron chi connectivity index (χ4n) is 2.45. The first kappa shape index (κ1) is 18.6. The van der Waals surface area contributed by atoms with Crippen molar-refractivity contribution in [3.05, 3.63) is 29.8 Å². The topological polar surface area (TPSA) is 126 Å². The molecule has 1 heterocycles. The van der Waals surface area contributed by atoms with Gasteiger partial charge in [-0.2, -0.15) is 0 Å². The molecule has 0 amide bonds. The Bertz CT molecular complexity index is 547. The van der Waals surface area contributed by atoms with Crippen molar-refractivity contribution in [1.29, 1.82) is 0 Å². The van der Waals surface area contributed by atoms with E-state index in [1.54, 1.807) is 24.3 Å². The van der Waals surface area contributed by atoms with E-state index in [4.69, 9.17) is 9.47 Å². The number of hydrogen-bond donors (Lipinski definition) is 4. The van der Waals surface area contributed by atoms with Crippen LogP contribution in [0.2, 0.25) is 0 Å². The monoisotopic (exact) mass is 342 g/mol. The van der Waals surface area contributed by atoms with Crippen LogP contribution in [0.15, 0.2) is 24.3 Å². The highest BCUT2D eigenvalue weighted by Crippen LogP contribution is 2.27. The van der Waals surface area contributed by atoms with E-state index < -0.39 is 37.3 Å². The molecule has 0 spiro atoms. The second-order valence-electron chi connectivity index (χ2n) is 5.50. The van der Waals surface area contributed by atoms with Gasteiger partial charge in [0.25, 0.3) is 0 Å². The van der Waals surface area contributed by atoms with Crippen LogP contribution in [-0.4, -0.2) is 70.8 Å². The van der Waals surface area contributed by atoms with Crippen molar-refractivity contribution in [3.8, 4) is 5.75 Å². The van der Waals surface area contributed by atoms with Crippen LogP contribution >= 0.6 is 0 Å². The molecule has 2 rings (SSSR count). The summed E-state index contributed by atoms with van der Waals surface area (Å²) in [5, 5.41) is 38.8. The van der Waals surface area contributed by atoms with Crippen LogP contribution in [0, 0.1) is 0 Å². The average molecular weight is 342 g/mol. The lowest BCUT2D eigenvalue weighted by atomic mass is 9.99. The van der Waals surface area contributed by atoms with Gasteiger partial charge in [0.1, 0.15) is 30.2 Å². The first-order chi connectivity index (χ1) is 11.5. The summed E-state index contributed by atoms with van der Waals surface area (Å²) < 4.78 is 15.5. The fourth-order valence-corrected chi connectivity index (χ4v) is 2.45. The van der Waals surface area contributed by atoms with Gasteiger partial charge in [-0.25, -0.2) is 0 Å². The third kappa shape index (κ3) is 4.22. The number of carbonyl (C=O) groups is 1. The lowest BCUT2D eigenvalue weighted by Crippen LogP contribution is -2.60. The summed E-state index contributed by atoms with van der Waals surface area (Å²) in [5.41, 5.74) is 0.694. The third-order valence-corrected chi connectivity index (χ3v) is 3.89. The van der Waals surface area contributed by atoms with E-state index in [1.165, 1.54) is 7.11 Å². The van der Waals surface area contributed by atoms with E-state index in [2.05, 4.69) is 4.74 Å². The van der Waals surface area contributed by atoms with Gasteiger partial charge >= 0.3 is 5.97 Å². The second-order valence-corrected chi connectivity index (χ2v) is 5.50. The molecule has 1 aliphatic rings. The second kappa shape index (κ2) is 8.41. The standard InChI is InChI=1S/C16H22O8/c1-22-12(18)7-6-9-4-2-3-5-10(9)23-16-15(21)14(20)13(19)11(8-17)24-16/h2-5,11,13-17,19-21H,6-8H2,1H3/t11-,13-,14+,15-,16+/m1/s1. The Morgan fingerprint density at radius 3 is 2.54 bits per heavy atom. The van der Waals surface area contributed by atoms with E-state index in [0.717, 1.165) is 0 Å². The zero-order valence-corrected chi connectivity index (χ0v) is 13.2. The number of hydrogen-bond acceptors (Lipinski definition) is 8. The number of ether oxygens (including phenoxy) is 3. The molecule has 0 aliphatic carbocycles. The van der Waals surface area contributed by atoms with Crippen molar-refractivity contribution in [2.24, 2.45) is 0 Å². The number of aliphatic hydroxyl groups excluding tert-OH is 4. The normalized spacial score (nSPS) is 30.0. The molecule has 5 atom stereocenters. The molecule has 24 heavy (non-hydrogen) atoms. The quantitative estimate of drug-likeness (QED) is 0.484. The fraction of sp³-hybridized carbons (Fsp3) is 0.562. The molecule has 1 saturated heterocycles. The predicted molar refractivity (Wildman–Crippen MR) is 81.2 cm³/mol. The zero-order chi connectivity index (χ0) is 17.7. The Morgan fingerprint density at radius 2 is 1.88 bits per heavy atom. The molecule has 0 bridgehead atoms. The molecule has 134 valence electrons. The summed E-state index contributed by atoms with van der Waals surface area (Å²) in [5.74, 6) is 0.00313. The first-order valence-corrected chi connectivity index (χ1v) is 7.59. The van der Waals surface area contributed by atoms with Gasteiger partial charge in [-0.1, -0.05) is 18.2 Å². The number of aliphatic hydroxyl groups is 4. The maximum absolute atomic E-state index is 11.3. The predicted octanol–water partition coefficient (Wildman–Crippen LogP) is -1.03. The molecule has 1 fully saturated rings. The summed E-state index contributed by atoms with van der Waals surface area (Å²) in [6, 6.07) is 6.87. The number of aryl methyl sites for hydroxylation is 1. The maximum Gasteiger partial charge on any atom is 0.305 e. The smallest absolute Gasteiger partial charge is 0.305 e. The van der Waals surface area contributed by atoms with Gasteiger partial charge in [0.05, 0.1) is 13.7 Å². The minimum atomic E-state index is -1.51. The Labute approximate surface area is 139 Å². The van der Waals surface area contributed by atoms with Gasteiger partial charge in [-0.3, -0.25) is 4.79 Å². The number of benzene rings is 1. The SMILES string of the molecule is COC(=O)CCc1ccccc1O[C@H]1O[C@H](CO)[C@@H](O)[C@H](O)[C@H]1O. The third-order valence-electron chi connectivity index (χ3n) is 3.89. The zero-order valence-electron chi connectivity index (χ0n) is 13.2. The number of methoxy groups -OCH3 is 1. The molecule has 0 radical (unpaired) electrons. The highest BCUT2D eigenvalue weighted by atomic mass is 16.7. The van der Waals surface area contributed by atoms with Gasteiger partial charge in [-0.05, 0) is 18.1 Å². The Hall–Kier alpha value is -1.71. The van der Waals surface area contributed by atoms with Crippen molar-refractivity contribution in [3.63, 3.8) is 0 Å². The van der Waals surface area contributed by atoms with Gasteiger partial charge in [0, 0.05) is 6.42 Å². The number of esters is 1. The highest BCUT2D eigenvalue weighted by molar-refractivity contribution is 5.69. The minimum Gasteiger partial charge on any atom is -0.469 e. The highest BCUT2D eigenvalue weighted by Gasteiger charge is 2.44. The molecular formula is C16H22O8. The van der Waals surface area contributed by atoms with Crippen LogP contribution in [0.5, 0.6) is 5.75 Å². The van der Waals surface area contributed by atoms with Crippen LogP contribution in [0.3, 0.4) is 0 Å². The van der Waals surface area contributed by atoms with Crippen LogP contribution < -0.4 is 4.74 Å². The Morgan fingerprint density at radius 1 is 1.17 bits per heavy atom. The molecule has 0 saturated carbocycles. The van der Waals surface area contributed by atoms with Crippen molar-refractivity contribution < 1.29 is 39.4 Å². The van der Waals surface area contributed by atoms with Gasteiger partial charge < -0.3 is 34.6 Å². The van der Waals surface area contributed by atoms with E-state index in [-0.39, 0.29) is 12.4 Å². The van der Waals surface area contributed by atoms with Crippen LogP contribution in [0.25, 0.3) is 0 Å². The van der Waals surface area contributed by atoms with E-state index in [9.17, 15) is 25.2 Å². The van der Waals surface area contributed by atoms with Gasteiger partial charge in [0.15, 0.2) is 0 Å². The summed E-state index contributed by atoms with van der Waals surface area (Å²) in [4.78, 5) is 11.3. The summed E-state index contributed by atoms with van der Waals surface area (Å²) in [7, 11) is 1.30. The lowest BCUT2D eigenvalue weighted by molar-refractivity contribution is -0.277. The summed E-state index contributed by atoms with van der Waals surface area (Å²) >= 11 is 0. The van der Waals surface area contributed by atoms with E-state index in [1.807, 2.05) is 0 Å². The molecule has 1 aromatic carbocycles. The molecule has 1 aliphatic heterocycles. The van der Waals surface area contributed by atoms with E-state index >= 15 is 0 Å². The van der Waals surface area contributed by atoms with E-state index in [0.29, 0.717) is 17.7 Å². The van der Waals surface area contributed by atoms with Gasteiger partial charge in [0.2, 0.25) is 6.29 Å². The van der Waals surface area contributed by atoms with Crippen LogP contribution in [0.1, 0.15) is 12.0 Å². The minimum absolute atomic E-state index is 0.158. The molecular weight excluding hydrogens is 320 g/mol. The number of rotatable bonds is 6. The lowest BCUT2D eigenvalue weighted by Gasteiger charge is -2.39. The van der Waals surface area contributed by atoms with Crippen molar-refractivity contribution in [2.45, 2.75) is 43.5 Å². The first-order valence-electron chi connectivity index (χ1n) is 7.59. The number of para-hydroxylation sites is 1. The average Bonchev–Trinajstić information content (AvgIpc) is 2.61. The van der Waals surface area contributed by atoms with Crippen molar-refractivity contribution >= 4 is 5.97 Å². The van der Waals surface area contributed by atoms with Crippen molar-refractivity contribution in [1.82, 2.24) is 0 Å². The molecule has 1 aromatic rings. The molecule has 0 unspecified atom stereocenters. The molecule has 8 heteroatoms. The molecule has 4 N–H and O–H groups in total. The number of carbonyl (C=O) groups excluding carboxylic acids is 1. The summed E-state index contributed by atoms with van der Waals surface area (Å²) in [6.45, 7) is -0.533. The van der Waals surface area contributed by atoms with Crippen LogP contribution in [-0.2, 0) is 20.7 Å². The van der Waals surface area contributed by atoms with Crippen LogP contribution in [0.4, 0.5) is 0 Å².